The lowest BCUT2D eigenvalue weighted by Gasteiger charge is -2.42. The minimum atomic E-state index is -1.68. The number of rotatable bonds is 31. The third-order valence-electron chi connectivity index (χ3n) is 16.7. The number of aliphatic hydroxyl groups is 4. The van der Waals surface area contributed by atoms with Crippen LogP contribution in [0.15, 0.2) is 42.5 Å². The zero-order chi connectivity index (χ0) is 62.7. The fourth-order valence-corrected chi connectivity index (χ4v) is 11.6. The minimum Gasteiger partial charge on any atom is -0.449 e. The van der Waals surface area contributed by atoms with Gasteiger partial charge in [-0.05, 0) is 68.8 Å². The van der Waals surface area contributed by atoms with Crippen LogP contribution in [0.2, 0.25) is 0 Å². The van der Waals surface area contributed by atoms with Crippen LogP contribution in [0.1, 0.15) is 118 Å². The lowest BCUT2D eigenvalue weighted by Crippen LogP contribution is -2.60. The molecule has 25 nitrogen and oxygen atoms in total. The molecule has 1 aromatic carbocycles. The van der Waals surface area contributed by atoms with Crippen LogP contribution in [-0.4, -0.2) is 217 Å². The molecule has 0 aromatic heterocycles. The van der Waals surface area contributed by atoms with Crippen molar-refractivity contribution < 1.29 is 77.7 Å². The summed E-state index contributed by atoms with van der Waals surface area (Å²) >= 11 is 0. The van der Waals surface area contributed by atoms with Gasteiger partial charge in [-0.15, -0.1) is 0 Å². The summed E-state index contributed by atoms with van der Waals surface area (Å²) in [7, 11) is 6.09. The number of carbonyl (C=O) groups excluding carboxylic acids is 7. The smallest absolute Gasteiger partial charge is 0.410 e. The van der Waals surface area contributed by atoms with Crippen molar-refractivity contribution in [2.75, 3.05) is 54.6 Å². The van der Waals surface area contributed by atoms with Crippen LogP contribution >= 0.6 is 0 Å². The highest BCUT2D eigenvalue weighted by atomic mass is 16.7. The number of methoxy groups -OCH3 is 2. The Morgan fingerprint density at radius 3 is 2.08 bits per heavy atom. The topological polar surface area (TPSA) is 356 Å². The molecule has 18 atom stereocenters. The number of urea groups is 1. The largest absolute Gasteiger partial charge is 0.449 e. The van der Waals surface area contributed by atoms with Crippen LogP contribution in [0.5, 0.6) is 0 Å². The van der Waals surface area contributed by atoms with Crippen molar-refractivity contribution in [3.05, 3.63) is 48.0 Å². The summed E-state index contributed by atoms with van der Waals surface area (Å²) in [6, 6.07) is 3.23. The first-order valence-electron chi connectivity index (χ1n) is 29.6. The third-order valence-corrected chi connectivity index (χ3v) is 16.7. The first kappa shape index (κ1) is 71.0. The van der Waals surface area contributed by atoms with Gasteiger partial charge in [0.1, 0.15) is 42.6 Å². The van der Waals surface area contributed by atoms with Gasteiger partial charge in [0, 0.05) is 53.4 Å². The van der Waals surface area contributed by atoms with E-state index < -0.39 is 139 Å². The standard InChI is InChI=1S/C59H99N9O16/c1-13-34(6)47(66(9)56(77)45(32(2)3)65-55(76)46(33(4)5)67(10)59(79)82-31-37-23-25-39(26-24-37)64-54(75)40(60)21-17-27-62-58(61)78)42(80-11)29-44(70)68-28-18-22-41(68)51(81-12)35(7)53(74)63-36(8)52(38-19-15-14-16-20-38)84-57-50(73)49(72)48(71)43(30-69)83-57/h14-16,19-20,23,25,32-37,39-43,45-52,57,69,71-73H,13,17-18,21-22,24,26-31,60H2,1-12H3,(H,63,74)(H,64,75)(H,65,76)(H3,61,62,78)/t34-,35?,36?,37?,39?,40?,41?,42?,43?,45?,46?,47?,48?,49?,50?,51?,52?,57?/m1/s1. The third kappa shape index (κ3) is 19.2. The van der Waals surface area contributed by atoms with E-state index in [1.165, 1.54) is 26.2 Å². The first-order chi connectivity index (χ1) is 39.7. The summed E-state index contributed by atoms with van der Waals surface area (Å²) in [5.74, 6) is -3.89. The molecule has 17 unspecified atom stereocenters. The quantitative estimate of drug-likeness (QED) is 0.0371. The van der Waals surface area contributed by atoms with Gasteiger partial charge in [0.05, 0.1) is 61.9 Å². The number of likely N-dealkylation sites (tertiary alicyclic amines) is 1. The zero-order valence-corrected chi connectivity index (χ0v) is 51.3. The number of likely N-dealkylation sites (N-methyl/N-ethyl adjacent to an activating group) is 2. The molecule has 12 N–H and O–H groups in total. The second kappa shape index (κ2) is 34.0. The Morgan fingerprint density at radius 2 is 1.51 bits per heavy atom. The highest BCUT2D eigenvalue weighted by molar-refractivity contribution is 5.92. The molecule has 2 aliphatic heterocycles. The van der Waals surface area contributed by atoms with Gasteiger partial charge in [0.2, 0.25) is 29.5 Å². The molecule has 3 aliphatic rings. The Kier molecular flexibility index (Phi) is 28.7. The highest BCUT2D eigenvalue weighted by Gasteiger charge is 2.47. The van der Waals surface area contributed by atoms with E-state index in [4.69, 9.17) is 35.2 Å². The number of hydrogen-bond donors (Lipinski definition) is 10. The van der Waals surface area contributed by atoms with Gasteiger partial charge >= 0.3 is 12.1 Å². The number of nitrogens with zero attached hydrogens (tertiary/aromatic N) is 3. The Labute approximate surface area is 495 Å². The average Bonchev–Trinajstić information content (AvgIpc) is 3.80. The lowest BCUT2D eigenvalue weighted by atomic mass is 9.89. The second-order valence-corrected chi connectivity index (χ2v) is 23.5. The van der Waals surface area contributed by atoms with E-state index in [0.29, 0.717) is 63.6 Å². The normalized spacial score (nSPS) is 25.2. The van der Waals surface area contributed by atoms with Crippen LogP contribution in [0, 0.1) is 29.6 Å². The lowest BCUT2D eigenvalue weighted by molar-refractivity contribution is -0.314. The Balaban J connectivity index is 1.41. The SMILES string of the molecule is CC[C@@H](C)C(C(CC(=O)N1CCCC1C(OC)C(C)C(=O)NC(C)C(OC1OC(CO)C(O)C(O)C1O)c1ccccc1)OC)N(C)C(=O)C(NC(=O)C(C(C)C)N(C)C(=O)OCC1C=CC(NC(=O)C(N)CCCNC(N)=O)CC1)C(C)C. The van der Waals surface area contributed by atoms with Crippen LogP contribution in [-0.2, 0) is 47.7 Å². The van der Waals surface area contributed by atoms with Crippen molar-refractivity contribution in [2.24, 2.45) is 41.1 Å². The average molecular weight is 1190 g/mol. The van der Waals surface area contributed by atoms with E-state index in [2.05, 4.69) is 21.3 Å². The molecular weight excluding hydrogens is 1090 g/mol. The molecule has 84 heavy (non-hydrogen) atoms. The maximum atomic E-state index is 14.8. The van der Waals surface area contributed by atoms with E-state index in [0.717, 1.165) is 0 Å². The second-order valence-electron chi connectivity index (χ2n) is 23.5. The maximum absolute atomic E-state index is 14.8. The van der Waals surface area contributed by atoms with E-state index in [-0.39, 0.29) is 42.7 Å². The molecule has 476 valence electrons. The fourth-order valence-electron chi connectivity index (χ4n) is 11.6. The Morgan fingerprint density at radius 1 is 0.833 bits per heavy atom. The molecule has 1 aromatic rings. The molecular formula is C59H99N9O16. The van der Waals surface area contributed by atoms with E-state index >= 15 is 0 Å². The first-order valence-corrected chi connectivity index (χ1v) is 29.6. The molecule has 0 spiro atoms. The van der Waals surface area contributed by atoms with Crippen molar-refractivity contribution in [1.82, 2.24) is 36.0 Å². The summed E-state index contributed by atoms with van der Waals surface area (Å²) in [4.78, 5) is 99.6. The number of benzene rings is 1. The number of amides is 8. The monoisotopic (exact) mass is 1190 g/mol. The van der Waals surface area contributed by atoms with E-state index in [9.17, 15) is 54.0 Å². The number of primary amides is 1. The molecule has 25 heteroatoms. The van der Waals surface area contributed by atoms with Gasteiger partial charge in [0.25, 0.3) is 0 Å². The van der Waals surface area contributed by atoms with Crippen molar-refractivity contribution >= 4 is 41.7 Å². The van der Waals surface area contributed by atoms with Crippen molar-refractivity contribution in [2.45, 2.75) is 198 Å². The Hall–Kier alpha value is -5.51. The molecule has 2 saturated heterocycles. The number of nitrogens with two attached hydrogens (primary N) is 2. The minimum absolute atomic E-state index is 0.0336. The number of ether oxygens (including phenoxy) is 5. The van der Waals surface area contributed by atoms with Gasteiger partial charge in [-0.2, -0.15) is 0 Å². The van der Waals surface area contributed by atoms with E-state index in [1.807, 2.05) is 39.8 Å². The zero-order valence-electron chi connectivity index (χ0n) is 51.3. The number of carbonyl (C=O) groups is 7. The molecule has 8 amide bonds. The predicted octanol–water partition coefficient (Wildman–Crippen LogP) is 1.43. The number of aliphatic hydroxyl groups excluding tert-OH is 4. The van der Waals surface area contributed by atoms with Crippen LogP contribution in [0.4, 0.5) is 9.59 Å². The van der Waals surface area contributed by atoms with Crippen molar-refractivity contribution in [3.63, 3.8) is 0 Å². The summed E-state index contributed by atoms with van der Waals surface area (Å²) in [5.41, 5.74) is 11.7. The van der Waals surface area contributed by atoms with E-state index in [1.54, 1.807) is 74.9 Å². The molecule has 2 fully saturated rings. The van der Waals surface area contributed by atoms with Crippen LogP contribution < -0.4 is 32.7 Å². The highest BCUT2D eigenvalue weighted by Crippen LogP contribution is 2.33. The van der Waals surface area contributed by atoms with Gasteiger partial charge in [0.15, 0.2) is 6.29 Å². The van der Waals surface area contributed by atoms with Gasteiger partial charge in [-0.1, -0.05) is 97.4 Å². The maximum Gasteiger partial charge on any atom is 0.410 e. The molecule has 1 aliphatic carbocycles. The fraction of sp³-hybridized carbons (Fsp3) is 0.746. The van der Waals surface area contributed by atoms with Gasteiger partial charge in [-0.25, -0.2) is 9.59 Å². The van der Waals surface area contributed by atoms with Gasteiger partial charge < -0.3 is 86.6 Å². The van der Waals surface area contributed by atoms with Crippen LogP contribution in [0.25, 0.3) is 0 Å². The predicted molar refractivity (Wildman–Crippen MR) is 311 cm³/mol. The summed E-state index contributed by atoms with van der Waals surface area (Å²) in [5, 5.41) is 52.8. The molecule has 0 radical (unpaired) electrons. The van der Waals surface area contributed by atoms with Crippen LogP contribution in [0.3, 0.4) is 0 Å². The number of hydrogen-bond acceptors (Lipinski definition) is 17. The Bertz CT molecular complexity index is 2300. The summed E-state index contributed by atoms with van der Waals surface area (Å²) < 4.78 is 29.7. The summed E-state index contributed by atoms with van der Waals surface area (Å²) in [6.45, 7) is 14.6. The summed E-state index contributed by atoms with van der Waals surface area (Å²) in [6.07, 6.45) is -3.44. The molecule has 0 saturated carbocycles. The number of nitrogens with one attached hydrogen (secondary N) is 4. The molecule has 2 heterocycles. The molecule has 0 bridgehead atoms. The van der Waals surface area contributed by atoms with Crippen molar-refractivity contribution in [1.29, 1.82) is 0 Å². The van der Waals surface area contributed by atoms with Gasteiger partial charge in [-0.3, -0.25) is 28.9 Å². The molecule has 4 rings (SSSR count). The van der Waals surface area contributed by atoms with Crippen molar-refractivity contribution in [3.8, 4) is 0 Å².